The van der Waals surface area contributed by atoms with E-state index in [1.807, 2.05) is 0 Å². The molecule has 0 bridgehead atoms. The maximum absolute atomic E-state index is 12.8. The maximum atomic E-state index is 12.8. The van der Waals surface area contributed by atoms with Gasteiger partial charge in [-0.15, -0.1) is 5.10 Å². The van der Waals surface area contributed by atoms with Crippen LogP contribution in [-0.2, 0) is 0 Å². The van der Waals surface area contributed by atoms with Crippen molar-refractivity contribution in [3.8, 4) is 5.69 Å². The van der Waals surface area contributed by atoms with Crippen LogP contribution in [0.15, 0.2) is 42.5 Å². The molecule has 2 aromatic rings. The smallest absolute Gasteiger partial charge is 0.126 e. The molecule has 0 saturated carbocycles. The van der Waals surface area contributed by atoms with Crippen molar-refractivity contribution >= 4 is 6.08 Å². The largest absolute Gasteiger partial charge is 0.389 e. The van der Waals surface area contributed by atoms with Crippen LogP contribution in [0.3, 0.4) is 0 Å². The highest BCUT2D eigenvalue weighted by atomic mass is 19.1. The van der Waals surface area contributed by atoms with Crippen molar-refractivity contribution in [2.24, 2.45) is 0 Å². The molecule has 16 heavy (non-hydrogen) atoms. The predicted octanol–water partition coefficient (Wildman–Crippen LogP) is 1.57. The number of halogens is 1. The van der Waals surface area contributed by atoms with Crippen LogP contribution in [0.25, 0.3) is 11.8 Å². The minimum atomic E-state index is -0.579. The van der Waals surface area contributed by atoms with Crippen LogP contribution in [0, 0.1) is 0 Å². The van der Waals surface area contributed by atoms with Crippen molar-refractivity contribution in [2.75, 3.05) is 6.61 Å². The van der Waals surface area contributed by atoms with Gasteiger partial charge < -0.3 is 5.11 Å². The second kappa shape index (κ2) is 4.67. The van der Waals surface area contributed by atoms with Crippen LogP contribution in [0.1, 0.15) is 5.56 Å². The highest BCUT2D eigenvalue weighted by Gasteiger charge is 1.97. The third kappa shape index (κ3) is 2.32. The second-order valence-electron chi connectivity index (χ2n) is 3.19. The Morgan fingerprint density at radius 1 is 1.38 bits per heavy atom. The Balaban J connectivity index is 2.23. The molecule has 2 rings (SSSR count). The summed E-state index contributed by atoms with van der Waals surface area (Å²) in [5.74, 6) is -0.562. The van der Waals surface area contributed by atoms with Gasteiger partial charge >= 0.3 is 0 Å². The number of hydrogen-bond acceptors (Lipinski definition) is 3. The standard InChI is InChI=1S/C11H10FN3O/c12-10(8-16)7-9-1-3-11(4-2-9)15-6-5-13-14-15/h1-7,16H,8H2/b10-7-. The first-order valence-electron chi connectivity index (χ1n) is 4.73. The SMILES string of the molecule is OC/C(F)=C/c1ccc(-n2ccnn2)cc1. The van der Waals surface area contributed by atoms with E-state index in [-0.39, 0.29) is 0 Å². The van der Waals surface area contributed by atoms with Gasteiger partial charge in [-0.25, -0.2) is 9.07 Å². The zero-order valence-electron chi connectivity index (χ0n) is 8.42. The molecule has 0 amide bonds. The molecule has 0 radical (unpaired) electrons. The molecule has 5 heteroatoms. The van der Waals surface area contributed by atoms with E-state index >= 15 is 0 Å². The number of aromatic nitrogens is 3. The minimum Gasteiger partial charge on any atom is -0.389 e. The molecular formula is C11H10FN3O. The average Bonchev–Trinajstić information content (AvgIpc) is 2.83. The zero-order chi connectivity index (χ0) is 11.4. The van der Waals surface area contributed by atoms with Crippen LogP contribution in [0.5, 0.6) is 0 Å². The van der Waals surface area contributed by atoms with Crippen molar-refractivity contribution in [1.29, 1.82) is 0 Å². The Kier molecular flexibility index (Phi) is 3.07. The van der Waals surface area contributed by atoms with Gasteiger partial charge in [0.25, 0.3) is 0 Å². The first-order chi connectivity index (χ1) is 7.79. The highest BCUT2D eigenvalue weighted by Crippen LogP contribution is 2.11. The molecule has 1 aromatic heterocycles. The molecule has 0 aliphatic carbocycles. The Morgan fingerprint density at radius 3 is 2.69 bits per heavy atom. The summed E-state index contributed by atoms with van der Waals surface area (Å²) in [5, 5.41) is 16.1. The lowest BCUT2D eigenvalue weighted by Crippen LogP contribution is -1.94. The molecule has 1 N–H and O–H groups in total. The van der Waals surface area contributed by atoms with E-state index in [0.29, 0.717) is 5.56 Å². The van der Waals surface area contributed by atoms with Crippen molar-refractivity contribution in [3.05, 3.63) is 48.0 Å². The van der Waals surface area contributed by atoms with Crippen LogP contribution in [0.4, 0.5) is 4.39 Å². The van der Waals surface area contributed by atoms with E-state index in [1.54, 1.807) is 41.3 Å². The third-order valence-electron chi connectivity index (χ3n) is 2.05. The fourth-order valence-corrected chi connectivity index (χ4v) is 1.30. The Labute approximate surface area is 91.6 Å². The average molecular weight is 219 g/mol. The van der Waals surface area contributed by atoms with Crippen LogP contribution in [-0.4, -0.2) is 26.7 Å². The monoisotopic (exact) mass is 219 g/mol. The Hall–Kier alpha value is -2.01. The molecule has 0 fully saturated rings. The minimum absolute atomic E-state index is 0.562. The van der Waals surface area contributed by atoms with Gasteiger partial charge in [-0.3, -0.25) is 0 Å². The van der Waals surface area contributed by atoms with Gasteiger partial charge in [0, 0.05) is 0 Å². The summed E-state index contributed by atoms with van der Waals surface area (Å²) in [7, 11) is 0. The normalized spacial score (nSPS) is 11.8. The molecule has 0 aliphatic heterocycles. The third-order valence-corrected chi connectivity index (χ3v) is 2.05. The number of hydrogen-bond donors (Lipinski definition) is 1. The van der Waals surface area contributed by atoms with E-state index < -0.39 is 12.4 Å². The summed E-state index contributed by atoms with van der Waals surface area (Å²) >= 11 is 0. The molecule has 1 heterocycles. The molecule has 0 spiro atoms. The van der Waals surface area contributed by atoms with Gasteiger partial charge in [-0.2, -0.15) is 0 Å². The van der Waals surface area contributed by atoms with Gasteiger partial charge in [-0.05, 0) is 23.8 Å². The Morgan fingerprint density at radius 2 is 2.12 bits per heavy atom. The topological polar surface area (TPSA) is 50.9 Å². The van der Waals surface area contributed by atoms with Gasteiger partial charge in [0.05, 0.1) is 24.7 Å². The quantitative estimate of drug-likeness (QED) is 0.852. The van der Waals surface area contributed by atoms with Crippen LogP contribution < -0.4 is 0 Å². The van der Waals surface area contributed by atoms with Crippen molar-refractivity contribution in [2.45, 2.75) is 0 Å². The van der Waals surface area contributed by atoms with Crippen molar-refractivity contribution < 1.29 is 9.50 Å². The van der Waals surface area contributed by atoms with Gasteiger partial charge in [0.15, 0.2) is 0 Å². The van der Waals surface area contributed by atoms with E-state index in [2.05, 4.69) is 10.3 Å². The molecular weight excluding hydrogens is 209 g/mol. The van der Waals surface area contributed by atoms with Crippen LogP contribution in [0.2, 0.25) is 0 Å². The number of aliphatic hydroxyl groups excluding tert-OH is 1. The molecule has 0 saturated heterocycles. The summed E-state index contributed by atoms with van der Waals surface area (Å²) in [6.45, 7) is -0.579. The summed E-state index contributed by atoms with van der Waals surface area (Å²) in [4.78, 5) is 0. The summed E-state index contributed by atoms with van der Waals surface area (Å²) < 4.78 is 14.4. The molecule has 0 aliphatic rings. The number of rotatable bonds is 3. The lowest BCUT2D eigenvalue weighted by molar-refractivity contribution is 0.300. The fourth-order valence-electron chi connectivity index (χ4n) is 1.30. The first-order valence-corrected chi connectivity index (χ1v) is 4.73. The van der Waals surface area contributed by atoms with Crippen molar-refractivity contribution in [1.82, 2.24) is 15.0 Å². The molecule has 4 nitrogen and oxygen atoms in total. The molecule has 1 aromatic carbocycles. The number of aliphatic hydroxyl groups is 1. The molecule has 0 unspecified atom stereocenters. The molecule has 82 valence electrons. The van der Waals surface area contributed by atoms with Crippen molar-refractivity contribution in [3.63, 3.8) is 0 Å². The number of benzene rings is 1. The lowest BCUT2D eigenvalue weighted by Gasteiger charge is -2.00. The molecule has 0 atom stereocenters. The second-order valence-corrected chi connectivity index (χ2v) is 3.19. The van der Waals surface area contributed by atoms with E-state index in [9.17, 15) is 4.39 Å². The van der Waals surface area contributed by atoms with Gasteiger partial charge in [0.1, 0.15) is 5.83 Å². The summed E-state index contributed by atoms with van der Waals surface area (Å²) in [6.07, 6.45) is 4.59. The summed E-state index contributed by atoms with van der Waals surface area (Å²) in [6, 6.07) is 7.08. The summed E-state index contributed by atoms with van der Waals surface area (Å²) in [5.41, 5.74) is 1.54. The lowest BCUT2D eigenvalue weighted by atomic mass is 10.2. The van der Waals surface area contributed by atoms with Gasteiger partial charge in [0.2, 0.25) is 0 Å². The Bertz CT molecular complexity index is 476. The van der Waals surface area contributed by atoms with E-state index in [1.165, 1.54) is 6.08 Å². The highest BCUT2D eigenvalue weighted by molar-refractivity contribution is 5.53. The number of nitrogens with zero attached hydrogens (tertiary/aromatic N) is 3. The maximum Gasteiger partial charge on any atom is 0.126 e. The predicted molar refractivity (Wildman–Crippen MR) is 57.5 cm³/mol. The van der Waals surface area contributed by atoms with E-state index in [0.717, 1.165) is 5.69 Å². The fraction of sp³-hybridized carbons (Fsp3) is 0.0909. The first kappa shape index (κ1) is 10.5. The van der Waals surface area contributed by atoms with Crippen LogP contribution >= 0.6 is 0 Å². The van der Waals surface area contributed by atoms with E-state index in [4.69, 9.17) is 5.11 Å². The zero-order valence-corrected chi connectivity index (χ0v) is 8.42. The van der Waals surface area contributed by atoms with Gasteiger partial charge in [-0.1, -0.05) is 17.3 Å².